The summed E-state index contributed by atoms with van der Waals surface area (Å²) in [4.78, 5) is 17.5. The van der Waals surface area contributed by atoms with E-state index >= 15 is 0 Å². The van der Waals surface area contributed by atoms with Crippen LogP contribution in [0.25, 0.3) is 0 Å². The lowest BCUT2D eigenvalue weighted by Crippen LogP contribution is -2.34. The van der Waals surface area contributed by atoms with Crippen molar-refractivity contribution in [3.8, 4) is 0 Å². The van der Waals surface area contributed by atoms with Gasteiger partial charge in [0.15, 0.2) is 0 Å². The number of carbonyl (C=O) groups is 1. The van der Waals surface area contributed by atoms with Gasteiger partial charge in [-0.05, 0) is 12.1 Å². The monoisotopic (exact) mass is 246 g/mol. The lowest BCUT2D eigenvalue weighted by molar-refractivity contribution is 0.0769. The molecule has 0 unspecified atom stereocenters. The predicted molar refractivity (Wildman–Crippen MR) is 61.6 cm³/mol. The minimum Gasteiger partial charge on any atom is -0.335 e. The van der Waals surface area contributed by atoms with Gasteiger partial charge in [0, 0.05) is 31.0 Å². The van der Waals surface area contributed by atoms with E-state index in [1.807, 2.05) is 0 Å². The van der Waals surface area contributed by atoms with Gasteiger partial charge in [-0.1, -0.05) is 6.07 Å². The van der Waals surface area contributed by atoms with Gasteiger partial charge in [-0.3, -0.25) is 9.78 Å². The van der Waals surface area contributed by atoms with Crippen LogP contribution in [0.1, 0.15) is 10.5 Å². The molecule has 3 nitrogen and oxygen atoms in total. The van der Waals surface area contributed by atoms with E-state index in [1.54, 1.807) is 29.3 Å². The van der Waals surface area contributed by atoms with Crippen molar-refractivity contribution >= 4 is 29.1 Å². The highest BCUT2D eigenvalue weighted by atomic mass is 35.5. The second kappa shape index (κ2) is 6.64. The Morgan fingerprint density at radius 2 is 1.93 bits per heavy atom. The van der Waals surface area contributed by atoms with Crippen LogP contribution in [0.2, 0.25) is 0 Å². The van der Waals surface area contributed by atoms with Crippen molar-refractivity contribution in [3.05, 3.63) is 30.1 Å². The summed E-state index contributed by atoms with van der Waals surface area (Å²) in [7, 11) is 0. The highest BCUT2D eigenvalue weighted by molar-refractivity contribution is 6.18. The maximum Gasteiger partial charge on any atom is 0.272 e. The third kappa shape index (κ3) is 3.68. The largest absolute Gasteiger partial charge is 0.335 e. The van der Waals surface area contributed by atoms with Crippen molar-refractivity contribution in [2.24, 2.45) is 0 Å². The number of amides is 1. The van der Waals surface area contributed by atoms with Crippen molar-refractivity contribution < 1.29 is 4.79 Å². The summed E-state index contributed by atoms with van der Waals surface area (Å²) in [6.07, 6.45) is 1.59. The van der Waals surface area contributed by atoms with Crippen LogP contribution >= 0.6 is 23.2 Å². The fraction of sp³-hybridized carbons (Fsp3) is 0.400. The Hall–Kier alpha value is -0.800. The molecule has 1 aromatic heterocycles. The van der Waals surface area contributed by atoms with Gasteiger partial charge in [0.2, 0.25) is 0 Å². The van der Waals surface area contributed by atoms with Gasteiger partial charge < -0.3 is 4.90 Å². The zero-order chi connectivity index (χ0) is 11.1. The molecular formula is C10H12Cl2N2O. The molecule has 0 aromatic carbocycles. The molecule has 1 aromatic rings. The molecule has 1 heterocycles. The van der Waals surface area contributed by atoms with Gasteiger partial charge in [-0.15, -0.1) is 23.2 Å². The van der Waals surface area contributed by atoms with E-state index in [-0.39, 0.29) is 5.91 Å². The Bertz CT molecular complexity index is 300. The van der Waals surface area contributed by atoms with E-state index < -0.39 is 0 Å². The Morgan fingerprint density at radius 3 is 2.40 bits per heavy atom. The molecule has 5 heteroatoms. The fourth-order valence-electron chi connectivity index (χ4n) is 1.17. The molecule has 1 amide bonds. The number of nitrogens with zero attached hydrogens (tertiary/aromatic N) is 2. The molecular weight excluding hydrogens is 235 g/mol. The van der Waals surface area contributed by atoms with E-state index in [9.17, 15) is 4.79 Å². The molecule has 0 aliphatic rings. The molecule has 0 atom stereocenters. The average Bonchev–Trinajstić information content (AvgIpc) is 2.29. The van der Waals surface area contributed by atoms with Gasteiger partial charge in [-0.25, -0.2) is 0 Å². The van der Waals surface area contributed by atoms with Crippen LogP contribution in [0.15, 0.2) is 24.4 Å². The minimum absolute atomic E-state index is 0.128. The zero-order valence-corrected chi connectivity index (χ0v) is 9.71. The molecule has 0 aliphatic carbocycles. The maximum absolute atomic E-state index is 11.9. The summed E-state index contributed by atoms with van der Waals surface area (Å²) >= 11 is 11.2. The second-order valence-corrected chi connectivity index (χ2v) is 3.64. The molecule has 82 valence electrons. The first-order valence-corrected chi connectivity index (χ1v) is 5.68. The van der Waals surface area contributed by atoms with Gasteiger partial charge in [0.05, 0.1) is 0 Å². The normalized spacial score (nSPS) is 10.0. The molecule has 0 aliphatic heterocycles. The summed E-state index contributed by atoms with van der Waals surface area (Å²) in [5.41, 5.74) is 0.424. The zero-order valence-electron chi connectivity index (χ0n) is 8.20. The molecule has 0 spiro atoms. The number of carbonyl (C=O) groups excluding carboxylic acids is 1. The topological polar surface area (TPSA) is 33.2 Å². The second-order valence-electron chi connectivity index (χ2n) is 2.89. The van der Waals surface area contributed by atoms with Gasteiger partial charge in [-0.2, -0.15) is 0 Å². The standard InChI is InChI=1S/C10H12Cl2N2O/c11-4-7-14(8-5-12)10(15)9-3-1-2-6-13-9/h1-3,6H,4-5,7-8H2. The van der Waals surface area contributed by atoms with Gasteiger partial charge >= 0.3 is 0 Å². The first-order chi connectivity index (χ1) is 7.29. The number of pyridine rings is 1. The molecule has 0 fully saturated rings. The molecule has 0 bridgehead atoms. The van der Waals surface area contributed by atoms with E-state index in [0.29, 0.717) is 30.5 Å². The Balaban J connectivity index is 2.71. The lowest BCUT2D eigenvalue weighted by Gasteiger charge is -2.19. The highest BCUT2D eigenvalue weighted by Crippen LogP contribution is 2.02. The molecule has 0 N–H and O–H groups in total. The summed E-state index contributed by atoms with van der Waals surface area (Å²) in [6.45, 7) is 0.980. The van der Waals surface area contributed by atoms with Crippen molar-refractivity contribution in [2.45, 2.75) is 0 Å². The number of rotatable bonds is 5. The van der Waals surface area contributed by atoms with Crippen molar-refractivity contribution in [3.63, 3.8) is 0 Å². The number of hydrogen-bond acceptors (Lipinski definition) is 2. The molecule has 0 saturated heterocycles. The summed E-state index contributed by atoms with van der Waals surface area (Å²) in [5, 5.41) is 0. The Kier molecular flexibility index (Phi) is 5.43. The number of alkyl halides is 2. The van der Waals surface area contributed by atoms with Crippen LogP contribution < -0.4 is 0 Å². The van der Waals surface area contributed by atoms with Crippen LogP contribution in [0, 0.1) is 0 Å². The summed E-state index contributed by atoms with van der Waals surface area (Å²) in [5.74, 6) is 0.669. The van der Waals surface area contributed by atoms with E-state index in [2.05, 4.69) is 4.98 Å². The first-order valence-electron chi connectivity index (χ1n) is 4.62. The SMILES string of the molecule is O=C(c1ccccn1)N(CCCl)CCCl. The van der Waals surface area contributed by atoms with E-state index in [4.69, 9.17) is 23.2 Å². The summed E-state index contributed by atoms with van der Waals surface area (Å²) < 4.78 is 0. The molecule has 15 heavy (non-hydrogen) atoms. The van der Waals surface area contributed by atoms with Crippen LogP contribution in [0.3, 0.4) is 0 Å². The number of halogens is 2. The molecule has 0 radical (unpaired) electrons. The summed E-state index contributed by atoms with van der Waals surface area (Å²) in [6, 6.07) is 5.22. The van der Waals surface area contributed by atoms with E-state index in [0.717, 1.165) is 0 Å². The minimum atomic E-state index is -0.128. The molecule has 0 saturated carbocycles. The predicted octanol–water partition coefficient (Wildman–Crippen LogP) is 2.00. The van der Waals surface area contributed by atoms with Crippen LogP contribution in [-0.2, 0) is 0 Å². The first kappa shape index (κ1) is 12.3. The van der Waals surface area contributed by atoms with Crippen molar-refractivity contribution in [2.75, 3.05) is 24.8 Å². The van der Waals surface area contributed by atoms with Crippen LogP contribution in [0.4, 0.5) is 0 Å². The van der Waals surface area contributed by atoms with Gasteiger partial charge in [0.25, 0.3) is 5.91 Å². The Labute approximate surface area is 99.0 Å². The third-order valence-corrected chi connectivity index (χ3v) is 2.22. The third-order valence-electron chi connectivity index (χ3n) is 1.88. The number of aromatic nitrogens is 1. The van der Waals surface area contributed by atoms with Crippen molar-refractivity contribution in [1.82, 2.24) is 9.88 Å². The van der Waals surface area contributed by atoms with E-state index in [1.165, 1.54) is 0 Å². The van der Waals surface area contributed by atoms with Gasteiger partial charge in [0.1, 0.15) is 5.69 Å². The van der Waals surface area contributed by atoms with Crippen molar-refractivity contribution in [1.29, 1.82) is 0 Å². The fourth-order valence-corrected chi connectivity index (χ4v) is 1.58. The lowest BCUT2D eigenvalue weighted by atomic mass is 10.3. The average molecular weight is 247 g/mol. The maximum atomic E-state index is 11.9. The number of hydrogen-bond donors (Lipinski definition) is 0. The smallest absolute Gasteiger partial charge is 0.272 e. The Morgan fingerprint density at radius 1 is 1.27 bits per heavy atom. The van der Waals surface area contributed by atoms with Crippen LogP contribution in [-0.4, -0.2) is 40.6 Å². The van der Waals surface area contributed by atoms with Crippen LogP contribution in [0.5, 0.6) is 0 Å². The highest BCUT2D eigenvalue weighted by Gasteiger charge is 2.14. The quantitative estimate of drug-likeness (QED) is 0.745. The molecule has 1 rings (SSSR count).